The summed E-state index contributed by atoms with van der Waals surface area (Å²) in [4.78, 5) is 25.4. The molecule has 1 aliphatic rings. The summed E-state index contributed by atoms with van der Waals surface area (Å²) in [5.74, 6) is 1.38. The van der Waals surface area contributed by atoms with Gasteiger partial charge >= 0.3 is 0 Å². The van der Waals surface area contributed by atoms with Crippen molar-refractivity contribution in [1.29, 1.82) is 0 Å². The summed E-state index contributed by atoms with van der Waals surface area (Å²) in [5, 5.41) is 7.37. The van der Waals surface area contributed by atoms with Gasteiger partial charge in [-0.25, -0.2) is 9.97 Å². The average molecular weight is 544 g/mol. The highest BCUT2D eigenvalue weighted by Gasteiger charge is 2.18. The number of pyridine rings is 1. The van der Waals surface area contributed by atoms with E-state index in [-0.39, 0.29) is 12.0 Å². The predicted molar refractivity (Wildman–Crippen MR) is 154 cm³/mol. The second kappa shape index (κ2) is 12.6. The number of hydrogen-bond acceptors (Lipinski definition) is 7. The molecule has 1 amide bonds. The van der Waals surface area contributed by atoms with Gasteiger partial charge in [-0.15, -0.1) is 0 Å². The number of carbonyl (C=O) groups is 1. The fraction of sp³-hybridized carbons (Fsp3) is 0.267. The molecule has 0 unspecified atom stereocenters. The van der Waals surface area contributed by atoms with Crippen LogP contribution in [0.2, 0.25) is 5.02 Å². The van der Waals surface area contributed by atoms with Crippen LogP contribution in [0.3, 0.4) is 0 Å². The van der Waals surface area contributed by atoms with Gasteiger partial charge in [0.05, 0.1) is 28.0 Å². The summed E-state index contributed by atoms with van der Waals surface area (Å²) in [6.45, 7) is 3.89. The predicted octanol–water partition coefficient (Wildman–Crippen LogP) is 7.23. The SMILES string of the molecule is C=CC(=O)Nc1cc2c(Nc3ccc(OCc4ccccn4)c(Cl)c3)ncnc2cc1OC1CCCCCC1. The molecule has 0 aliphatic heterocycles. The lowest BCUT2D eigenvalue weighted by Crippen LogP contribution is -2.17. The lowest BCUT2D eigenvalue weighted by atomic mass is 10.1. The Morgan fingerprint density at radius 3 is 2.62 bits per heavy atom. The summed E-state index contributed by atoms with van der Waals surface area (Å²) in [5.41, 5.74) is 2.77. The van der Waals surface area contributed by atoms with E-state index in [0.29, 0.717) is 40.2 Å². The zero-order chi connectivity index (χ0) is 27.0. The molecule has 0 saturated heterocycles. The van der Waals surface area contributed by atoms with Gasteiger partial charge < -0.3 is 20.1 Å². The maximum Gasteiger partial charge on any atom is 0.247 e. The van der Waals surface area contributed by atoms with Crippen LogP contribution in [0.15, 0.2) is 73.7 Å². The number of nitrogens with zero attached hydrogens (tertiary/aromatic N) is 3. The normalized spacial score (nSPS) is 13.9. The number of rotatable bonds is 9. The first-order valence-electron chi connectivity index (χ1n) is 13.1. The van der Waals surface area contributed by atoms with E-state index in [1.165, 1.54) is 25.2 Å². The number of nitrogens with one attached hydrogen (secondary N) is 2. The number of benzene rings is 2. The third-order valence-electron chi connectivity index (χ3n) is 6.57. The van der Waals surface area contributed by atoms with Crippen molar-refractivity contribution in [2.75, 3.05) is 10.6 Å². The Hall–Kier alpha value is -4.17. The highest BCUT2D eigenvalue weighted by Crippen LogP contribution is 2.36. The highest BCUT2D eigenvalue weighted by molar-refractivity contribution is 6.32. The van der Waals surface area contributed by atoms with E-state index in [9.17, 15) is 4.79 Å². The van der Waals surface area contributed by atoms with E-state index < -0.39 is 0 Å². The van der Waals surface area contributed by atoms with Crippen molar-refractivity contribution in [2.45, 2.75) is 51.2 Å². The van der Waals surface area contributed by atoms with Gasteiger partial charge in [0.25, 0.3) is 0 Å². The van der Waals surface area contributed by atoms with Gasteiger partial charge in [-0.1, -0.05) is 37.1 Å². The minimum atomic E-state index is -0.320. The van der Waals surface area contributed by atoms with E-state index in [2.05, 4.69) is 32.2 Å². The van der Waals surface area contributed by atoms with Crippen molar-refractivity contribution >= 4 is 45.6 Å². The van der Waals surface area contributed by atoms with Gasteiger partial charge in [0.1, 0.15) is 30.3 Å². The number of halogens is 1. The summed E-state index contributed by atoms with van der Waals surface area (Å²) in [7, 11) is 0. The topological polar surface area (TPSA) is 98.3 Å². The largest absolute Gasteiger partial charge is 0.488 e. The molecule has 4 aromatic rings. The molecule has 200 valence electrons. The second-order valence-corrected chi connectivity index (χ2v) is 9.80. The Bertz CT molecular complexity index is 1460. The van der Waals surface area contributed by atoms with E-state index in [0.717, 1.165) is 42.5 Å². The Kier molecular flexibility index (Phi) is 8.53. The van der Waals surface area contributed by atoms with Crippen LogP contribution in [0.4, 0.5) is 17.2 Å². The number of aromatic nitrogens is 3. The van der Waals surface area contributed by atoms with Crippen molar-refractivity contribution in [3.63, 3.8) is 0 Å². The van der Waals surface area contributed by atoms with Crippen molar-refractivity contribution < 1.29 is 14.3 Å². The van der Waals surface area contributed by atoms with Crippen LogP contribution < -0.4 is 20.1 Å². The minimum absolute atomic E-state index is 0.101. The molecule has 39 heavy (non-hydrogen) atoms. The van der Waals surface area contributed by atoms with Crippen LogP contribution in [-0.2, 0) is 11.4 Å². The Morgan fingerprint density at radius 2 is 1.87 bits per heavy atom. The highest BCUT2D eigenvalue weighted by atomic mass is 35.5. The Balaban J connectivity index is 1.39. The number of fused-ring (bicyclic) bond motifs is 1. The quantitative estimate of drug-likeness (QED) is 0.170. The third kappa shape index (κ3) is 6.83. The van der Waals surface area contributed by atoms with E-state index in [4.69, 9.17) is 21.1 Å². The van der Waals surface area contributed by atoms with Crippen LogP contribution in [-0.4, -0.2) is 27.0 Å². The van der Waals surface area contributed by atoms with E-state index in [1.807, 2.05) is 36.4 Å². The maximum absolute atomic E-state index is 12.2. The van der Waals surface area contributed by atoms with Crippen molar-refractivity contribution in [3.05, 3.63) is 84.4 Å². The number of ether oxygens (including phenoxy) is 2. The van der Waals surface area contributed by atoms with Gasteiger partial charge in [-0.2, -0.15) is 0 Å². The van der Waals surface area contributed by atoms with Crippen molar-refractivity contribution in [1.82, 2.24) is 15.0 Å². The lowest BCUT2D eigenvalue weighted by Gasteiger charge is -2.20. The summed E-state index contributed by atoms with van der Waals surface area (Å²) in [6.07, 6.45) is 11.3. The summed E-state index contributed by atoms with van der Waals surface area (Å²) < 4.78 is 12.2. The van der Waals surface area contributed by atoms with Gasteiger partial charge in [0.15, 0.2) is 0 Å². The zero-order valence-corrected chi connectivity index (χ0v) is 22.3. The smallest absolute Gasteiger partial charge is 0.247 e. The molecule has 0 bridgehead atoms. The molecular formula is C30H30ClN5O3. The molecule has 8 nitrogen and oxygen atoms in total. The Morgan fingerprint density at radius 1 is 1.03 bits per heavy atom. The van der Waals surface area contributed by atoms with Crippen LogP contribution in [0.1, 0.15) is 44.2 Å². The van der Waals surface area contributed by atoms with Crippen LogP contribution in [0.25, 0.3) is 10.9 Å². The van der Waals surface area contributed by atoms with E-state index >= 15 is 0 Å². The molecule has 0 spiro atoms. The first kappa shape index (κ1) is 26.4. The van der Waals surface area contributed by atoms with E-state index in [1.54, 1.807) is 18.3 Å². The monoisotopic (exact) mass is 543 g/mol. The molecule has 9 heteroatoms. The number of hydrogen-bond donors (Lipinski definition) is 2. The molecule has 2 N–H and O–H groups in total. The molecule has 0 radical (unpaired) electrons. The molecule has 2 heterocycles. The fourth-order valence-electron chi connectivity index (χ4n) is 4.57. The molecular weight excluding hydrogens is 514 g/mol. The van der Waals surface area contributed by atoms with Crippen LogP contribution in [0.5, 0.6) is 11.5 Å². The Labute approximate surface area is 232 Å². The van der Waals surface area contributed by atoms with Gasteiger partial charge in [-0.05, 0) is 68.2 Å². The number of anilines is 3. The molecule has 5 rings (SSSR count). The molecule has 1 aliphatic carbocycles. The van der Waals surface area contributed by atoms with Crippen LogP contribution >= 0.6 is 11.6 Å². The number of carbonyl (C=O) groups excluding carboxylic acids is 1. The van der Waals surface area contributed by atoms with Crippen LogP contribution in [0, 0.1) is 0 Å². The third-order valence-corrected chi connectivity index (χ3v) is 6.87. The molecule has 0 atom stereocenters. The standard InChI is InChI=1S/C30H30ClN5O3/c1-2-29(37)36-26-16-23-25(17-28(26)39-22-10-5-3-4-6-11-22)33-19-34-30(23)35-20-12-13-27(24(31)15-20)38-18-21-9-7-8-14-32-21/h2,7-9,12-17,19,22H,1,3-6,10-11,18H2,(H,36,37)(H,33,34,35). The molecule has 1 fully saturated rings. The number of amides is 1. The average Bonchev–Trinajstić information content (AvgIpc) is 3.22. The van der Waals surface area contributed by atoms with Gasteiger partial charge in [0, 0.05) is 23.3 Å². The molecule has 2 aromatic carbocycles. The molecule has 2 aromatic heterocycles. The lowest BCUT2D eigenvalue weighted by molar-refractivity contribution is -0.111. The summed E-state index contributed by atoms with van der Waals surface area (Å²) in [6, 6.07) is 14.8. The fourth-order valence-corrected chi connectivity index (χ4v) is 4.80. The van der Waals surface area contributed by atoms with Gasteiger partial charge in [-0.3, -0.25) is 9.78 Å². The zero-order valence-electron chi connectivity index (χ0n) is 21.5. The first-order chi connectivity index (χ1) is 19.1. The molecule has 1 saturated carbocycles. The second-order valence-electron chi connectivity index (χ2n) is 9.39. The minimum Gasteiger partial charge on any atom is -0.488 e. The maximum atomic E-state index is 12.2. The first-order valence-corrected chi connectivity index (χ1v) is 13.4. The van der Waals surface area contributed by atoms with Crippen molar-refractivity contribution in [3.8, 4) is 11.5 Å². The summed E-state index contributed by atoms with van der Waals surface area (Å²) >= 11 is 6.51. The van der Waals surface area contributed by atoms with Crippen molar-refractivity contribution in [2.24, 2.45) is 0 Å². The van der Waals surface area contributed by atoms with Gasteiger partial charge in [0.2, 0.25) is 5.91 Å².